The van der Waals surface area contributed by atoms with Crippen LogP contribution in [0.25, 0.3) is 0 Å². The third-order valence-electron chi connectivity index (χ3n) is 3.42. The van der Waals surface area contributed by atoms with E-state index in [0.29, 0.717) is 5.75 Å². The third-order valence-corrected chi connectivity index (χ3v) is 5.12. The molecule has 0 bridgehead atoms. The van der Waals surface area contributed by atoms with Crippen LogP contribution in [0, 0.1) is 5.82 Å². The number of ether oxygens (including phenoxy) is 2. The monoisotopic (exact) mass is 417 g/mol. The molecule has 0 unspecified atom stereocenters. The van der Waals surface area contributed by atoms with Crippen LogP contribution in [0.15, 0.2) is 41.3 Å². The van der Waals surface area contributed by atoms with Crippen LogP contribution in [0.3, 0.4) is 0 Å². The Labute approximate surface area is 160 Å². The van der Waals surface area contributed by atoms with Crippen LogP contribution >= 0.6 is 11.6 Å². The molecule has 0 heterocycles. The standard InChI is InChI=1S/C17H17ClFNO6S/c1-25-11-4-6-13(18)15(9-11)20-27(23,24)12-5-7-16(14(19)10-12)26-8-2-3-17(21)22/h4-7,9-10,20H,2-3,8H2,1H3,(H,21,22). The molecule has 0 aliphatic rings. The fourth-order valence-electron chi connectivity index (χ4n) is 2.08. The minimum atomic E-state index is -4.10. The highest BCUT2D eigenvalue weighted by atomic mass is 35.5. The first kappa shape index (κ1) is 20.8. The molecule has 0 fully saturated rings. The summed E-state index contributed by atoms with van der Waals surface area (Å²) < 4.78 is 51.5. The van der Waals surface area contributed by atoms with Crippen LogP contribution in [0.1, 0.15) is 12.8 Å². The Bertz CT molecular complexity index is 935. The molecule has 0 aromatic heterocycles. The number of benzene rings is 2. The largest absolute Gasteiger partial charge is 0.497 e. The molecule has 0 spiro atoms. The number of carboxylic acid groups (broad SMARTS) is 1. The summed E-state index contributed by atoms with van der Waals surface area (Å²) in [7, 11) is -2.68. The van der Waals surface area contributed by atoms with E-state index in [1.807, 2.05) is 0 Å². The van der Waals surface area contributed by atoms with Gasteiger partial charge in [-0.25, -0.2) is 12.8 Å². The molecule has 7 nitrogen and oxygen atoms in total. The smallest absolute Gasteiger partial charge is 0.303 e. The summed E-state index contributed by atoms with van der Waals surface area (Å²) in [5, 5.41) is 8.70. The molecule has 2 N–H and O–H groups in total. The second-order valence-corrected chi connectivity index (χ2v) is 7.48. The fraction of sp³-hybridized carbons (Fsp3) is 0.235. The second-order valence-electron chi connectivity index (χ2n) is 5.39. The van der Waals surface area contributed by atoms with Gasteiger partial charge in [0, 0.05) is 12.5 Å². The SMILES string of the molecule is COc1ccc(Cl)c(NS(=O)(=O)c2ccc(OCCCC(=O)O)c(F)c2)c1. The van der Waals surface area contributed by atoms with Gasteiger partial charge in [0.2, 0.25) is 0 Å². The van der Waals surface area contributed by atoms with E-state index in [4.69, 9.17) is 26.2 Å². The molecule has 146 valence electrons. The normalized spacial score (nSPS) is 11.1. The van der Waals surface area contributed by atoms with Crippen LogP contribution in [0.4, 0.5) is 10.1 Å². The number of anilines is 1. The number of rotatable bonds is 9. The van der Waals surface area contributed by atoms with Crippen molar-refractivity contribution in [2.24, 2.45) is 0 Å². The van der Waals surface area contributed by atoms with Crippen molar-refractivity contribution in [3.8, 4) is 11.5 Å². The van der Waals surface area contributed by atoms with Crippen molar-refractivity contribution >= 4 is 33.3 Å². The lowest BCUT2D eigenvalue weighted by Gasteiger charge is -2.12. The molecule has 27 heavy (non-hydrogen) atoms. The highest BCUT2D eigenvalue weighted by molar-refractivity contribution is 7.92. The summed E-state index contributed by atoms with van der Waals surface area (Å²) in [6.45, 7) is -0.00696. The lowest BCUT2D eigenvalue weighted by molar-refractivity contribution is -0.137. The topological polar surface area (TPSA) is 102 Å². The van der Waals surface area contributed by atoms with Crippen LogP contribution in [-0.2, 0) is 14.8 Å². The van der Waals surface area contributed by atoms with Crippen molar-refractivity contribution in [1.29, 1.82) is 0 Å². The Morgan fingerprint density at radius 2 is 2.00 bits per heavy atom. The molecule has 0 radical (unpaired) electrons. The lowest BCUT2D eigenvalue weighted by atomic mass is 10.3. The highest BCUT2D eigenvalue weighted by Gasteiger charge is 2.19. The zero-order valence-electron chi connectivity index (χ0n) is 14.2. The van der Waals surface area contributed by atoms with Crippen molar-refractivity contribution in [1.82, 2.24) is 0 Å². The Hall–Kier alpha value is -2.52. The van der Waals surface area contributed by atoms with Crippen molar-refractivity contribution in [3.63, 3.8) is 0 Å². The number of hydrogen-bond donors (Lipinski definition) is 2. The molecule has 10 heteroatoms. The van der Waals surface area contributed by atoms with E-state index < -0.39 is 21.8 Å². The molecule has 2 aromatic carbocycles. The number of aliphatic carboxylic acids is 1. The maximum absolute atomic E-state index is 14.1. The van der Waals surface area contributed by atoms with Gasteiger partial charge in [-0.1, -0.05) is 11.6 Å². The molecule has 0 aliphatic carbocycles. The van der Waals surface area contributed by atoms with E-state index in [1.54, 1.807) is 6.07 Å². The van der Waals surface area contributed by atoms with Gasteiger partial charge in [0.1, 0.15) is 5.75 Å². The Morgan fingerprint density at radius 3 is 2.63 bits per heavy atom. The maximum atomic E-state index is 14.1. The van der Waals surface area contributed by atoms with Gasteiger partial charge >= 0.3 is 5.97 Å². The van der Waals surface area contributed by atoms with E-state index >= 15 is 0 Å². The summed E-state index contributed by atoms with van der Waals surface area (Å²) in [5.74, 6) is -1.64. The minimum Gasteiger partial charge on any atom is -0.497 e. The number of methoxy groups -OCH3 is 1. The predicted octanol–water partition coefficient (Wildman–Crippen LogP) is 3.53. The number of nitrogens with one attached hydrogen (secondary N) is 1. The summed E-state index contributed by atoms with van der Waals surface area (Å²) in [6.07, 6.45) is 0.0873. The van der Waals surface area contributed by atoms with E-state index in [0.717, 1.165) is 12.1 Å². The van der Waals surface area contributed by atoms with Gasteiger partial charge in [-0.15, -0.1) is 0 Å². The Kier molecular flexibility index (Phi) is 6.86. The van der Waals surface area contributed by atoms with E-state index in [9.17, 15) is 17.6 Å². The number of carbonyl (C=O) groups is 1. The summed E-state index contributed by atoms with van der Waals surface area (Å²) in [4.78, 5) is 10.1. The Morgan fingerprint density at radius 1 is 1.26 bits per heavy atom. The van der Waals surface area contributed by atoms with Crippen molar-refractivity contribution < 1.29 is 32.2 Å². The molecule has 0 saturated heterocycles. The number of hydrogen-bond acceptors (Lipinski definition) is 5. The lowest BCUT2D eigenvalue weighted by Crippen LogP contribution is -2.14. The Balaban J connectivity index is 2.14. The van der Waals surface area contributed by atoms with Crippen LogP contribution in [-0.4, -0.2) is 33.2 Å². The molecule has 2 aromatic rings. The maximum Gasteiger partial charge on any atom is 0.303 e. The van der Waals surface area contributed by atoms with Crippen molar-refractivity contribution in [2.45, 2.75) is 17.7 Å². The van der Waals surface area contributed by atoms with E-state index in [1.165, 1.54) is 25.3 Å². The second kappa shape index (κ2) is 8.92. The van der Waals surface area contributed by atoms with Gasteiger partial charge in [0.15, 0.2) is 11.6 Å². The number of carboxylic acids is 1. The highest BCUT2D eigenvalue weighted by Crippen LogP contribution is 2.29. The first-order chi connectivity index (χ1) is 12.7. The summed E-state index contributed by atoms with van der Waals surface area (Å²) in [5.41, 5.74) is 0.0884. The summed E-state index contributed by atoms with van der Waals surface area (Å²) >= 11 is 5.98. The van der Waals surface area contributed by atoms with Gasteiger partial charge in [-0.05, 0) is 36.8 Å². The quantitative estimate of drug-likeness (QED) is 0.605. The first-order valence-electron chi connectivity index (χ1n) is 7.73. The summed E-state index contributed by atoms with van der Waals surface area (Å²) in [6, 6.07) is 7.58. The molecule has 0 atom stereocenters. The van der Waals surface area contributed by atoms with Gasteiger partial charge in [0.25, 0.3) is 10.0 Å². The van der Waals surface area contributed by atoms with Gasteiger partial charge in [-0.3, -0.25) is 9.52 Å². The van der Waals surface area contributed by atoms with Gasteiger partial charge in [-0.2, -0.15) is 0 Å². The average molecular weight is 418 g/mol. The zero-order chi connectivity index (χ0) is 20.0. The van der Waals surface area contributed by atoms with Crippen molar-refractivity contribution in [2.75, 3.05) is 18.4 Å². The van der Waals surface area contributed by atoms with Crippen LogP contribution in [0.5, 0.6) is 11.5 Å². The number of halogens is 2. The third kappa shape index (κ3) is 5.73. The molecule has 0 aliphatic heterocycles. The van der Waals surface area contributed by atoms with Gasteiger partial charge < -0.3 is 14.6 Å². The minimum absolute atomic E-state index is 0.00696. The van der Waals surface area contributed by atoms with E-state index in [2.05, 4.69) is 4.72 Å². The van der Waals surface area contributed by atoms with Crippen LogP contribution in [0.2, 0.25) is 5.02 Å². The molecule has 2 rings (SSSR count). The van der Waals surface area contributed by atoms with Crippen LogP contribution < -0.4 is 14.2 Å². The predicted molar refractivity (Wildman–Crippen MR) is 97.6 cm³/mol. The molecule has 0 saturated carbocycles. The van der Waals surface area contributed by atoms with E-state index in [-0.39, 0.29) is 40.8 Å². The fourth-order valence-corrected chi connectivity index (χ4v) is 3.39. The molecular formula is C17H17ClFNO6S. The number of sulfonamides is 1. The molecular weight excluding hydrogens is 401 g/mol. The van der Waals surface area contributed by atoms with Gasteiger partial charge in [0.05, 0.1) is 29.3 Å². The average Bonchev–Trinajstić information content (AvgIpc) is 2.61. The van der Waals surface area contributed by atoms with Crippen molar-refractivity contribution in [3.05, 3.63) is 47.2 Å². The first-order valence-corrected chi connectivity index (χ1v) is 9.59. The zero-order valence-corrected chi connectivity index (χ0v) is 15.8. The molecule has 0 amide bonds.